The fourth-order valence-corrected chi connectivity index (χ4v) is 2.75. The third-order valence-electron chi connectivity index (χ3n) is 4.04. The smallest absolute Gasteiger partial charge is 0.193 e. The maximum absolute atomic E-state index is 5.97. The molecule has 24 heavy (non-hydrogen) atoms. The van der Waals surface area contributed by atoms with Crippen LogP contribution >= 0.6 is 0 Å². The SMILES string of the molecule is NC(=NCCCN1CCOCC1)Nc1ccc2c(c1)OCCCO2. The lowest BCUT2D eigenvalue weighted by molar-refractivity contribution is 0.0377. The molecule has 0 bridgehead atoms. The van der Waals surface area contributed by atoms with Crippen molar-refractivity contribution in [3.8, 4) is 11.5 Å². The zero-order valence-electron chi connectivity index (χ0n) is 14.0. The molecule has 7 nitrogen and oxygen atoms in total. The maximum atomic E-state index is 5.97. The largest absolute Gasteiger partial charge is 0.490 e. The lowest BCUT2D eigenvalue weighted by atomic mass is 10.3. The van der Waals surface area contributed by atoms with E-state index in [0.29, 0.717) is 25.7 Å². The van der Waals surface area contributed by atoms with Crippen LogP contribution in [0, 0.1) is 0 Å². The van der Waals surface area contributed by atoms with Crippen LogP contribution in [0.5, 0.6) is 11.5 Å². The van der Waals surface area contributed by atoms with Gasteiger partial charge in [0, 0.05) is 44.4 Å². The van der Waals surface area contributed by atoms with Gasteiger partial charge in [-0.25, -0.2) is 0 Å². The number of hydrogen-bond acceptors (Lipinski definition) is 5. The Bertz CT molecular complexity index is 559. The first-order chi connectivity index (χ1) is 11.8. The molecule has 0 aromatic heterocycles. The summed E-state index contributed by atoms with van der Waals surface area (Å²) >= 11 is 0. The molecule has 1 fully saturated rings. The van der Waals surface area contributed by atoms with Gasteiger partial charge in [-0.2, -0.15) is 0 Å². The van der Waals surface area contributed by atoms with Gasteiger partial charge in [-0.3, -0.25) is 9.89 Å². The number of nitrogens with one attached hydrogen (secondary N) is 1. The fraction of sp³-hybridized carbons (Fsp3) is 0.588. The highest BCUT2D eigenvalue weighted by Crippen LogP contribution is 2.32. The van der Waals surface area contributed by atoms with Crippen LogP contribution in [-0.4, -0.2) is 63.5 Å². The average molecular weight is 334 g/mol. The number of fused-ring (bicyclic) bond motifs is 1. The Kier molecular flexibility index (Phi) is 6.14. The van der Waals surface area contributed by atoms with Crippen LogP contribution in [0.3, 0.4) is 0 Å². The Balaban J connectivity index is 1.45. The Morgan fingerprint density at radius 3 is 2.75 bits per heavy atom. The van der Waals surface area contributed by atoms with Gasteiger partial charge in [-0.05, 0) is 18.6 Å². The summed E-state index contributed by atoms with van der Waals surface area (Å²) in [5.41, 5.74) is 6.82. The van der Waals surface area contributed by atoms with E-state index >= 15 is 0 Å². The van der Waals surface area contributed by atoms with Gasteiger partial charge >= 0.3 is 0 Å². The van der Waals surface area contributed by atoms with Gasteiger partial charge in [0.1, 0.15) is 0 Å². The van der Waals surface area contributed by atoms with Crippen LogP contribution < -0.4 is 20.5 Å². The van der Waals surface area contributed by atoms with E-state index < -0.39 is 0 Å². The number of guanidine groups is 1. The third kappa shape index (κ3) is 5.01. The molecule has 0 aliphatic carbocycles. The van der Waals surface area contributed by atoms with Crippen molar-refractivity contribution >= 4 is 11.6 Å². The van der Waals surface area contributed by atoms with Crippen molar-refractivity contribution < 1.29 is 14.2 Å². The molecule has 0 saturated carbocycles. The van der Waals surface area contributed by atoms with E-state index in [4.69, 9.17) is 19.9 Å². The Hall–Kier alpha value is -1.99. The molecule has 0 spiro atoms. The molecule has 0 radical (unpaired) electrons. The minimum atomic E-state index is 0.423. The molecule has 1 saturated heterocycles. The van der Waals surface area contributed by atoms with Gasteiger partial charge in [-0.15, -0.1) is 0 Å². The molecular weight excluding hydrogens is 308 g/mol. The molecule has 0 unspecified atom stereocenters. The summed E-state index contributed by atoms with van der Waals surface area (Å²) < 4.78 is 16.6. The van der Waals surface area contributed by atoms with Crippen molar-refractivity contribution in [3.63, 3.8) is 0 Å². The van der Waals surface area contributed by atoms with Gasteiger partial charge in [0.2, 0.25) is 0 Å². The Morgan fingerprint density at radius 1 is 1.12 bits per heavy atom. The summed E-state index contributed by atoms with van der Waals surface area (Å²) in [6, 6.07) is 5.72. The summed E-state index contributed by atoms with van der Waals surface area (Å²) in [5, 5.41) is 3.11. The van der Waals surface area contributed by atoms with E-state index in [2.05, 4.69) is 15.2 Å². The van der Waals surface area contributed by atoms with Gasteiger partial charge in [0.05, 0.1) is 26.4 Å². The topological polar surface area (TPSA) is 81.3 Å². The van der Waals surface area contributed by atoms with Crippen LogP contribution in [0.15, 0.2) is 23.2 Å². The molecule has 1 aromatic rings. The normalized spacial score (nSPS) is 18.9. The molecule has 2 aliphatic heterocycles. The minimum absolute atomic E-state index is 0.423. The highest BCUT2D eigenvalue weighted by atomic mass is 16.5. The van der Waals surface area contributed by atoms with Crippen molar-refractivity contribution in [2.75, 3.05) is 57.9 Å². The number of morpholine rings is 1. The van der Waals surface area contributed by atoms with Crippen molar-refractivity contribution in [3.05, 3.63) is 18.2 Å². The van der Waals surface area contributed by atoms with Crippen LogP contribution in [0.4, 0.5) is 5.69 Å². The third-order valence-corrected chi connectivity index (χ3v) is 4.04. The van der Waals surface area contributed by atoms with Gasteiger partial charge in [-0.1, -0.05) is 0 Å². The highest BCUT2D eigenvalue weighted by Gasteiger charge is 2.11. The number of aliphatic imine (C=N–C) groups is 1. The zero-order valence-corrected chi connectivity index (χ0v) is 14.0. The molecule has 0 amide bonds. The molecule has 1 aromatic carbocycles. The minimum Gasteiger partial charge on any atom is -0.490 e. The number of nitrogens with two attached hydrogens (primary N) is 1. The predicted molar refractivity (Wildman–Crippen MR) is 94.0 cm³/mol. The zero-order chi connectivity index (χ0) is 16.6. The van der Waals surface area contributed by atoms with Gasteiger partial charge in [0.15, 0.2) is 17.5 Å². The second-order valence-corrected chi connectivity index (χ2v) is 5.91. The van der Waals surface area contributed by atoms with E-state index in [0.717, 1.165) is 62.9 Å². The molecule has 7 heteroatoms. The first-order valence-corrected chi connectivity index (χ1v) is 8.58. The van der Waals surface area contributed by atoms with Crippen LogP contribution in [0.1, 0.15) is 12.8 Å². The number of benzene rings is 1. The van der Waals surface area contributed by atoms with E-state index in [1.165, 1.54) is 0 Å². The van der Waals surface area contributed by atoms with E-state index in [9.17, 15) is 0 Å². The molecule has 2 aliphatic rings. The summed E-state index contributed by atoms with van der Waals surface area (Å²) in [5.74, 6) is 1.95. The van der Waals surface area contributed by atoms with Crippen molar-refractivity contribution in [1.82, 2.24) is 4.90 Å². The first-order valence-electron chi connectivity index (χ1n) is 8.58. The van der Waals surface area contributed by atoms with Crippen molar-refractivity contribution in [1.29, 1.82) is 0 Å². The average Bonchev–Trinajstić information content (AvgIpc) is 2.84. The fourth-order valence-electron chi connectivity index (χ4n) is 2.75. The monoisotopic (exact) mass is 334 g/mol. The Morgan fingerprint density at radius 2 is 1.92 bits per heavy atom. The molecule has 2 heterocycles. The van der Waals surface area contributed by atoms with Crippen LogP contribution in [-0.2, 0) is 4.74 Å². The standard InChI is InChI=1S/C17H26N4O3/c18-17(19-5-1-6-21-7-11-22-12-8-21)20-14-3-4-15-16(13-14)24-10-2-9-23-15/h3-4,13H,1-2,5-12H2,(H3,18,19,20). The number of rotatable bonds is 5. The number of hydrogen-bond donors (Lipinski definition) is 2. The van der Waals surface area contributed by atoms with Gasteiger partial charge in [0.25, 0.3) is 0 Å². The maximum Gasteiger partial charge on any atom is 0.193 e. The van der Waals surface area contributed by atoms with Crippen LogP contribution in [0.2, 0.25) is 0 Å². The summed E-state index contributed by atoms with van der Waals surface area (Å²) in [4.78, 5) is 6.78. The second kappa shape index (κ2) is 8.75. The first kappa shape index (κ1) is 16.9. The number of anilines is 1. The molecular formula is C17H26N4O3. The molecule has 3 N–H and O–H groups in total. The van der Waals surface area contributed by atoms with Crippen LogP contribution in [0.25, 0.3) is 0 Å². The summed E-state index contributed by atoms with van der Waals surface area (Å²) in [6.45, 7) is 6.77. The van der Waals surface area contributed by atoms with Crippen molar-refractivity contribution in [2.24, 2.45) is 10.7 Å². The van der Waals surface area contributed by atoms with Gasteiger partial charge < -0.3 is 25.3 Å². The summed E-state index contributed by atoms with van der Waals surface area (Å²) in [7, 11) is 0. The molecule has 0 atom stereocenters. The quantitative estimate of drug-likeness (QED) is 0.480. The predicted octanol–water partition coefficient (Wildman–Crippen LogP) is 1.30. The molecule has 132 valence electrons. The number of nitrogens with zero attached hydrogens (tertiary/aromatic N) is 2. The highest BCUT2D eigenvalue weighted by molar-refractivity contribution is 5.92. The Labute approximate surface area is 142 Å². The second-order valence-electron chi connectivity index (χ2n) is 5.91. The lowest BCUT2D eigenvalue weighted by Crippen LogP contribution is -2.37. The number of ether oxygens (including phenoxy) is 3. The lowest BCUT2D eigenvalue weighted by Gasteiger charge is -2.26. The summed E-state index contributed by atoms with van der Waals surface area (Å²) in [6.07, 6.45) is 1.88. The molecule has 3 rings (SSSR count). The van der Waals surface area contributed by atoms with E-state index in [-0.39, 0.29) is 0 Å². The van der Waals surface area contributed by atoms with Crippen molar-refractivity contribution in [2.45, 2.75) is 12.8 Å². The van der Waals surface area contributed by atoms with E-state index in [1.54, 1.807) is 0 Å². The van der Waals surface area contributed by atoms with E-state index in [1.807, 2.05) is 18.2 Å².